The van der Waals surface area contributed by atoms with E-state index >= 15 is 0 Å². The standard InChI is InChI=1S/C15H29NO/c1-10(2)13-7-4-11(3)8-14(13)16-9-15(17)12-5-6-12/h10-17H,4-9H2,1-3H3. The molecule has 100 valence electrons. The predicted octanol–water partition coefficient (Wildman–Crippen LogP) is 2.81. The van der Waals surface area contributed by atoms with Gasteiger partial charge in [-0.25, -0.2) is 0 Å². The van der Waals surface area contributed by atoms with E-state index in [4.69, 9.17) is 0 Å². The quantitative estimate of drug-likeness (QED) is 0.773. The maximum atomic E-state index is 9.95. The molecular weight excluding hydrogens is 210 g/mol. The minimum Gasteiger partial charge on any atom is -0.392 e. The molecule has 0 aliphatic heterocycles. The van der Waals surface area contributed by atoms with Gasteiger partial charge in [-0.2, -0.15) is 0 Å². The summed E-state index contributed by atoms with van der Waals surface area (Å²) >= 11 is 0. The summed E-state index contributed by atoms with van der Waals surface area (Å²) < 4.78 is 0. The van der Waals surface area contributed by atoms with E-state index in [1.165, 1.54) is 32.1 Å². The fourth-order valence-corrected chi connectivity index (χ4v) is 3.36. The third-order valence-corrected chi connectivity index (χ3v) is 4.78. The lowest BCUT2D eigenvalue weighted by Gasteiger charge is -2.38. The molecule has 2 aliphatic carbocycles. The Hall–Kier alpha value is -0.0800. The highest BCUT2D eigenvalue weighted by atomic mass is 16.3. The van der Waals surface area contributed by atoms with Gasteiger partial charge in [-0.1, -0.05) is 27.2 Å². The van der Waals surface area contributed by atoms with E-state index in [1.54, 1.807) is 0 Å². The van der Waals surface area contributed by atoms with Crippen molar-refractivity contribution in [2.45, 2.75) is 65.0 Å². The molecule has 0 spiro atoms. The van der Waals surface area contributed by atoms with Crippen molar-refractivity contribution in [1.29, 1.82) is 0 Å². The number of nitrogens with one attached hydrogen (secondary N) is 1. The summed E-state index contributed by atoms with van der Waals surface area (Å²) in [6.07, 6.45) is 6.40. The van der Waals surface area contributed by atoms with Crippen LogP contribution in [0.25, 0.3) is 0 Å². The first-order chi connectivity index (χ1) is 8.08. The normalized spacial score (nSPS) is 36.2. The van der Waals surface area contributed by atoms with Gasteiger partial charge in [-0.15, -0.1) is 0 Å². The number of hydrogen-bond donors (Lipinski definition) is 2. The van der Waals surface area contributed by atoms with Crippen molar-refractivity contribution < 1.29 is 5.11 Å². The van der Waals surface area contributed by atoms with Crippen molar-refractivity contribution in [3.63, 3.8) is 0 Å². The Labute approximate surface area is 106 Å². The van der Waals surface area contributed by atoms with Crippen LogP contribution >= 0.6 is 0 Å². The molecule has 17 heavy (non-hydrogen) atoms. The minimum absolute atomic E-state index is 0.0972. The van der Waals surface area contributed by atoms with E-state index in [0.29, 0.717) is 12.0 Å². The van der Waals surface area contributed by atoms with E-state index in [9.17, 15) is 5.11 Å². The van der Waals surface area contributed by atoms with Crippen LogP contribution in [-0.4, -0.2) is 23.8 Å². The number of aliphatic hydroxyl groups excluding tert-OH is 1. The third-order valence-electron chi connectivity index (χ3n) is 4.78. The molecule has 2 fully saturated rings. The topological polar surface area (TPSA) is 32.3 Å². The lowest BCUT2D eigenvalue weighted by Crippen LogP contribution is -2.45. The van der Waals surface area contributed by atoms with Crippen LogP contribution in [0.15, 0.2) is 0 Å². The molecule has 0 aromatic carbocycles. The number of aliphatic hydroxyl groups is 1. The van der Waals surface area contributed by atoms with Gasteiger partial charge in [0.05, 0.1) is 6.10 Å². The Kier molecular flexibility index (Phi) is 4.48. The van der Waals surface area contributed by atoms with E-state index in [-0.39, 0.29) is 6.10 Å². The zero-order valence-electron chi connectivity index (χ0n) is 11.7. The van der Waals surface area contributed by atoms with Crippen LogP contribution < -0.4 is 5.32 Å². The second-order valence-corrected chi connectivity index (χ2v) is 6.75. The van der Waals surface area contributed by atoms with Gasteiger partial charge in [-0.05, 0) is 49.4 Å². The van der Waals surface area contributed by atoms with Crippen molar-refractivity contribution in [3.8, 4) is 0 Å². The summed E-state index contributed by atoms with van der Waals surface area (Å²) in [6.45, 7) is 7.85. The summed E-state index contributed by atoms with van der Waals surface area (Å²) in [5.74, 6) is 3.01. The Morgan fingerprint density at radius 1 is 1.18 bits per heavy atom. The zero-order chi connectivity index (χ0) is 12.4. The van der Waals surface area contributed by atoms with Crippen LogP contribution in [0.4, 0.5) is 0 Å². The third kappa shape index (κ3) is 3.69. The second-order valence-electron chi connectivity index (χ2n) is 6.75. The van der Waals surface area contributed by atoms with Gasteiger partial charge in [0.1, 0.15) is 0 Å². The molecule has 2 rings (SSSR count). The van der Waals surface area contributed by atoms with Gasteiger partial charge in [-0.3, -0.25) is 0 Å². The largest absolute Gasteiger partial charge is 0.392 e. The summed E-state index contributed by atoms with van der Waals surface area (Å²) in [4.78, 5) is 0. The van der Waals surface area contributed by atoms with Crippen molar-refractivity contribution in [1.82, 2.24) is 5.32 Å². The van der Waals surface area contributed by atoms with Crippen LogP contribution in [0.1, 0.15) is 52.9 Å². The van der Waals surface area contributed by atoms with Gasteiger partial charge in [0, 0.05) is 12.6 Å². The predicted molar refractivity (Wildman–Crippen MR) is 71.9 cm³/mol. The zero-order valence-corrected chi connectivity index (χ0v) is 11.7. The van der Waals surface area contributed by atoms with Gasteiger partial charge < -0.3 is 10.4 Å². The Morgan fingerprint density at radius 3 is 2.47 bits per heavy atom. The molecule has 4 unspecified atom stereocenters. The molecule has 4 atom stereocenters. The molecule has 0 aromatic heterocycles. The first-order valence-electron chi connectivity index (χ1n) is 7.49. The molecule has 2 N–H and O–H groups in total. The van der Waals surface area contributed by atoms with Gasteiger partial charge >= 0.3 is 0 Å². The highest BCUT2D eigenvalue weighted by molar-refractivity contribution is 4.88. The molecule has 0 heterocycles. The molecule has 2 aliphatic rings. The van der Waals surface area contributed by atoms with Crippen molar-refractivity contribution in [2.75, 3.05) is 6.54 Å². The maximum absolute atomic E-state index is 9.95. The number of hydrogen-bond acceptors (Lipinski definition) is 2. The van der Waals surface area contributed by atoms with Crippen LogP contribution in [0.2, 0.25) is 0 Å². The first-order valence-corrected chi connectivity index (χ1v) is 7.49. The molecule has 2 saturated carbocycles. The highest BCUT2D eigenvalue weighted by Crippen LogP contribution is 2.35. The highest BCUT2D eigenvalue weighted by Gasteiger charge is 2.33. The van der Waals surface area contributed by atoms with Gasteiger partial charge in [0.25, 0.3) is 0 Å². The number of rotatable bonds is 5. The Bertz CT molecular complexity index is 237. The lowest BCUT2D eigenvalue weighted by molar-refractivity contribution is 0.117. The van der Waals surface area contributed by atoms with Crippen LogP contribution in [0.5, 0.6) is 0 Å². The molecule has 0 radical (unpaired) electrons. The lowest BCUT2D eigenvalue weighted by atomic mass is 9.74. The van der Waals surface area contributed by atoms with E-state index in [1.807, 2.05) is 0 Å². The van der Waals surface area contributed by atoms with Crippen molar-refractivity contribution in [2.24, 2.45) is 23.7 Å². The molecule has 0 saturated heterocycles. The summed E-state index contributed by atoms with van der Waals surface area (Å²) in [5, 5.41) is 13.6. The first kappa shape index (κ1) is 13.4. The summed E-state index contributed by atoms with van der Waals surface area (Å²) in [5.41, 5.74) is 0. The smallest absolute Gasteiger partial charge is 0.0692 e. The Morgan fingerprint density at radius 2 is 1.88 bits per heavy atom. The van der Waals surface area contributed by atoms with E-state index in [0.717, 1.165) is 24.3 Å². The van der Waals surface area contributed by atoms with Crippen LogP contribution in [-0.2, 0) is 0 Å². The second kappa shape index (κ2) is 5.71. The molecule has 0 amide bonds. The molecule has 0 aromatic rings. The van der Waals surface area contributed by atoms with Crippen molar-refractivity contribution >= 4 is 0 Å². The van der Waals surface area contributed by atoms with E-state index < -0.39 is 0 Å². The summed E-state index contributed by atoms with van der Waals surface area (Å²) in [7, 11) is 0. The van der Waals surface area contributed by atoms with Crippen LogP contribution in [0.3, 0.4) is 0 Å². The van der Waals surface area contributed by atoms with Crippen molar-refractivity contribution in [3.05, 3.63) is 0 Å². The van der Waals surface area contributed by atoms with Gasteiger partial charge in [0.2, 0.25) is 0 Å². The Balaban J connectivity index is 1.81. The maximum Gasteiger partial charge on any atom is 0.0692 e. The molecule has 2 heteroatoms. The molecule has 2 nitrogen and oxygen atoms in total. The fourth-order valence-electron chi connectivity index (χ4n) is 3.36. The summed E-state index contributed by atoms with van der Waals surface area (Å²) in [6, 6.07) is 0.632. The van der Waals surface area contributed by atoms with Gasteiger partial charge in [0.15, 0.2) is 0 Å². The fraction of sp³-hybridized carbons (Fsp3) is 1.00. The van der Waals surface area contributed by atoms with E-state index in [2.05, 4.69) is 26.1 Å². The van der Waals surface area contributed by atoms with Crippen LogP contribution in [0, 0.1) is 23.7 Å². The average molecular weight is 239 g/mol. The SMILES string of the molecule is CC1CCC(C(C)C)C(NCC(O)C2CC2)C1. The average Bonchev–Trinajstić information content (AvgIpc) is 3.09. The molecule has 0 bridgehead atoms. The monoisotopic (exact) mass is 239 g/mol. The molecular formula is C15H29NO. The minimum atomic E-state index is -0.0972.